The van der Waals surface area contributed by atoms with Crippen molar-refractivity contribution in [2.24, 2.45) is 11.1 Å². The molecular weight excluding hydrogens is 240 g/mol. The van der Waals surface area contributed by atoms with Crippen molar-refractivity contribution >= 4 is 21.4 Å². The first-order valence-electron chi connectivity index (χ1n) is 5.45. The molecule has 92 valence electrons. The van der Waals surface area contributed by atoms with E-state index in [2.05, 4.69) is 0 Å². The quantitative estimate of drug-likeness (QED) is 0.882. The second kappa shape index (κ2) is 4.03. The van der Waals surface area contributed by atoms with Gasteiger partial charge in [-0.3, -0.25) is 0 Å². The lowest BCUT2D eigenvalue weighted by atomic mass is 9.81. The minimum Gasteiger partial charge on any atom is -0.330 e. The topological polar surface area (TPSA) is 26.0 Å². The Hall–Kier alpha value is -1.00. The van der Waals surface area contributed by atoms with E-state index in [1.807, 2.05) is 12.1 Å². The number of hydrogen-bond acceptors (Lipinski definition) is 2. The van der Waals surface area contributed by atoms with E-state index in [1.165, 1.54) is 25.2 Å². The van der Waals surface area contributed by atoms with Crippen LogP contribution in [-0.4, -0.2) is 6.54 Å². The Morgan fingerprint density at radius 2 is 1.88 bits per heavy atom. The second-order valence-electron chi connectivity index (χ2n) is 4.81. The number of nitrogens with two attached hydrogens (primary N) is 1. The zero-order chi connectivity index (χ0) is 12.7. The standard InChI is InChI=1S/C13H15F2NS/c1-12(2,8-16)13(14,15)10-7-17-11-6-4-3-5-9(10)11/h3-7H,8,16H2,1-2H3. The SMILES string of the molecule is CC(C)(CN)C(F)(F)c1csc2ccccc12. The van der Waals surface area contributed by atoms with Gasteiger partial charge in [-0.1, -0.05) is 32.0 Å². The van der Waals surface area contributed by atoms with E-state index < -0.39 is 11.3 Å². The molecule has 0 unspecified atom stereocenters. The van der Waals surface area contributed by atoms with Crippen LogP contribution in [-0.2, 0) is 5.92 Å². The van der Waals surface area contributed by atoms with Crippen molar-refractivity contribution in [3.05, 3.63) is 35.2 Å². The predicted molar refractivity (Wildman–Crippen MR) is 68.6 cm³/mol. The second-order valence-corrected chi connectivity index (χ2v) is 5.72. The van der Waals surface area contributed by atoms with E-state index in [-0.39, 0.29) is 12.1 Å². The minimum absolute atomic E-state index is 0.0514. The molecule has 0 saturated carbocycles. The van der Waals surface area contributed by atoms with Gasteiger partial charge in [0.05, 0.1) is 0 Å². The molecule has 4 heteroatoms. The lowest BCUT2D eigenvalue weighted by Crippen LogP contribution is -2.40. The molecule has 0 amide bonds. The monoisotopic (exact) mass is 255 g/mol. The van der Waals surface area contributed by atoms with E-state index in [9.17, 15) is 8.78 Å². The number of hydrogen-bond donors (Lipinski definition) is 1. The Balaban J connectivity index is 2.60. The molecule has 0 aliphatic carbocycles. The van der Waals surface area contributed by atoms with Crippen LogP contribution in [0.2, 0.25) is 0 Å². The third-order valence-electron chi connectivity index (χ3n) is 3.18. The predicted octanol–water partition coefficient (Wildman–Crippen LogP) is 3.98. The molecule has 0 aliphatic rings. The maximum atomic E-state index is 14.4. The number of halogens is 2. The van der Waals surface area contributed by atoms with E-state index in [0.29, 0.717) is 5.39 Å². The van der Waals surface area contributed by atoms with Crippen LogP contribution in [0.3, 0.4) is 0 Å². The Labute approximate surface area is 103 Å². The lowest BCUT2D eigenvalue weighted by Gasteiger charge is -2.32. The fourth-order valence-corrected chi connectivity index (χ4v) is 2.70. The van der Waals surface area contributed by atoms with Gasteiger partial charge in [-0.05, 0) is 6.07 Å². The summed E-state index contributed by atoms with van der Waals surface area (Å²) in [6.07, 6.45) is 0. The van der Waals surface area contributed by atoms with Gasteiger partial charge >= 0.3 is 0 Å². The van der Waals surface area contributed by atoms with E-state index in [4.69, 9.17) is 5.73 Å². The first-order valence-corrected chi connectivity index (χ1v) is 6.33. The molecule has 1 heterocycles. The minimum atomic E-state index is -2.92. The van der Waals surface area contributed by atoms with Crippen molar-refractivity contribution in [2.75, 3.05) is 6.54 Å². The van der Waals surface area contributed by atoms with Gasteiger partial charge in [-0.2, -0.15) is 0 Å². The van der Waals surface area contributed by atoms with Crippen LogP contribution in [0, 0.1) is 5.41 Å². The van der Waals surface area contributed by atoms with Crippen molar-refractivity contribution in [1.29, 1.82) is 0 Å². The van der Waals surface area contributed by atoms with Crippen molar-refractivity contribution in [3.63, 3.8) is 0 Å². The zero-order valence-electron chi connectivity index (χ0n) is 9.84. The average Bonchev–Trinajstić information content (AvgIpc) is 2.72. The van der Waals surface area contributed by atoms with Gasteiger partial charge in [0.2, 0.25) is 0 Å². The van der Waals surface area contributed by atoms with Gasteiger partial charge < -0.3 is 5.73 Å². The highest BCUT2D eigenvalue weighted by atomic mass is 32.1. The molecular formula is C13H15F2NS. The molecule has 0 saturated heterocycles. The highest BCUT2D eigenvalue weighted by molar-refractivity contribution is 7.17. The van der Waals surface area contributed by atoms with Crippen LogP contribution in [0.15, 0.2) is 29.6 Å². The van der Waals surface area contributed by atoms with Crippen LogP contribution in [0.25, 0.3) is 10.1 Å². The number of rotatable bonds is 3. The largest absolute Gasteiger partial charge is 0.330 e. The van der Waals surface area contributed by atoms with Crippen LogP contribution >= 0.6 is 11.3 Å². The first-order chi connectivity index (χ1) is 7.90. The van der Waals surface area contributed by atoms with Gasteiger partial charge in [0.15, 0.2) is 0 Å². The molecule has 0 aliphatic heterocycles. The molecule has 1 nitrogen and oxygen atoms in total. The summed E-state index contributed by atoms with van der Waals surface area (Å²) in [5.74, 6) is -2.92. The van der Waals surface area contributed by atoms with E-state index in [1.54, 1.807) is 17.5 Å². The van der Waals surface area contributed by atoms with E-state index in [0.717, 1.165) is 4.70 Å². The van der Waals surface area contributed by atoms with Crippen LogP contribution in [0.5, 0.6) is 0 Å². The highest BCUT2D eigenvalue weighted by Crippen LogP contribution is 2.47. The summed E-state index contributed by atoms with van der Waals surface area (Å²) in [5, 5.41) is 2.17. The summed E-state index contributed by atoms with van der Waals surface area (Å²) in [6, 6.07) is 7.23. The molecule has 2 rings (SSSR count). The maximum Gasteiger partial charge on any atom is 0.280 e. The lowest BCUT2D eigenvalue weighted by molar-refractivity contribution is -0.107. The summed E-state index contributed by atoms with van der Waals surface area (Å²) in [5.41, 5.74) is 4.32. The summed E-state index contributed by atoms with van der Waals surface area (Å²) in [7, 11) is 0. The maximum absolute atomic E-state index is 14.4. The fourth-order valence-electron chi connectivity index (χ4n) is 1.71. The molecule has 17 heavy (non-hydrogen) atoms. The van der Waals surface area contributed by atoms with Crippen LogP contribution in [0.4, 0.5) is 8.78 Å². The first kappa shape index (κ1) is 12.5. The van der Waals surface area contributed by atoms with Crippen molar-refractivity contribution in [3.8, 4) is 0 Å². The normalized spacial score (nSPS) is 13.2. The van der Waals surface area contributed by atoms with Crippen molar-refractivity contribution in [2.45, 2.75) is 19.8 Å². The third-order valence-corrected chi connectivity index (χ3v) is 4.14. The third kappa shape index (κ3) is 1.85. The fraction of sp³-hybridized carbons (Fsp3) is 0.385. The van der Waals surface area contributed by atoms with Gasteiger partial charge in [0.25, 0.3) is 5.92 Å². The van der Waals surface area contributed by atoms with E-state index >= 15 is 0 Å². The Bertz CT molecular complexity index is 531. The molecule has 1 aromatic carbocycles. The number of thiophene rings is 1. The van der Waals surface area contributed by atoms with Gasteiger partial charge in [0.1, 0.15) is 0 Å². The summed E-state index contributed by atoms with van der Waals surface area (Å²) < 4.78 is 29.7. The van der Waals surface area contributed by atoms with Gasteiger partial charge in [0, 0.05) is 33.0 Å². The molecule has 2 aromatic rings. The summed E-state index contributed by atoms with van der Waals surface area (Å²) in [6.45, 7) is 2.95. The molecule has 0 fully saturated rings. The van der Waals surface area contributed by atoms with Gasteiger partial charge in [-0.15, -0.1) is 11.3 Å². The number of fused-ring (bicyclic) bond motifs is 1. The highest BCUT2D eigenvalue weighted by Gasteiger charge is 2.48. The summed E-state index contributed by atoms with van der Waals surface area (Å²) >= 11 is 1.35. The molecule has 2 N–H and O–H groups in total. The number of benzene rings is 1. The summed E-state index contributed by atoms with van der Waals surface area (Å²) in [4.78, 5) is 0. The smallest absolute Gasteiger partial charge is 0.280 e. The van der Waals surface area contributed by atoms with Crippen molar-refractivity contribution < 1.29 is 8.78 Å². The Morgan fingerprint density at radius 3 is 2.53 bits per heavy atom. The Kier molecular flexibility index (Phi) is 2.96. The molecule has 0 bridgehead atoms. The zero-order valence-corrected chi connectivity index (χ0v) is 10.7. The van der Waals surface area contributed by atoms with Gasteiger partial charge in [-0.25, -0.2) is 8.78 Å². The van der Waals surface area contributed by atoms with Crippen LogP contribution < -0.4 is 5.73 Å². The number of alkyl halides is 2. The molecule has 0 radical (unpaired) electrons. The Morgan fingerprint density at radius 1 is 1.24 bits per heavy atom. The van der Waals surface area contributed by atoms with Crippen LogP contribution in [0.1, 0.15) is 19.4 Å². The molecule has 1 aromatic heterocycles. The molecule has 0 spiro atoms. The molecule has 0 atom stereocenters. The average molecular weight is 255 g/mol. The van der Waals surface area contributed by atoms with Crippen molar-refractivity contribution in [1.82, 2.24) is 0 Å².